The van der Waals surface area contributed by atoms with E-state index in [4.69, 9.17) is 0 Å². The van der Waals surface area contributed by atoms with Crippen LogP contribution in [0.1, 0.15) is 31.2 Å². The zero-order chi connectivity index (χ0) is 23.9. The molecular formula is C23H22F4N6O. The van der Waals surface area contributed by atoms with E-state index in [2.05, 4.69) is 20.3 Å². The quantitative estimate of drug-likeness (QED) is 0.558. The second-order valence-electron chi connectivity index (χ2n) is 8.59. The summed E-state index contributed by atoms with van der Waals surface area (Å²) in [4.78, 5) is 27.2. The molecule has 1 aromatic carbocycles. The highest BCUT2D eigenvalue weighted by atomic mass is 19.4. The topological polar surface area (TPSA) is 75.9 Å². The molecule has 1 saturated carbocycles. The molecule has 1 amide bonds. The van der Waals surface area contributed by atoms with Crippen molar-refractivity contribution < 1.29 is 22.4 Å². The van der Waals surface area contributed by atoms with Crippen molar-refractivity contribution in [3.63, 3.8) is 0 Å². The van der Waals surface area contributed by atoms with Gasteiger partial charge in [-0.1, -0.05) is 0 Å². The van der Waals surface area contributed by atoms with E-state index in [9.17, 15) is 22.4 Å². The lowest BCUT2D eigenvalue weighted by Crippen LogP contribution is -2.45. The van der Waals surface area contributed by atoms with E-state index in [0.29, 0.717) is 18.3 Å². The summed E-state index contributed by atoms with van der Waals surface area (Å²) in [5.41, 5.74) is -1.25. The number of piperidine rings is 1. The minimum absolute atomic E-state index is 0.000370. The summed E-state index contributed by atoms with van der Waals surface area (Å²) < 4.78 is 54.8. The molecule has 11 heteroatoms. The Balaban J connectivity index is 1.37. The number of hydrogen-bond donors (Lipinski definition) is 1. The van der Waals surface area contributed by atoms with Crippen molar-refractivity contribution in [2.24, 2.45) is 5.92 Å². The van der Waals surface area contributed by atoms with Gasteiger partial charge in [0, 0.05) is 49.2 Å². The molecule has 0 spiro atoms. The van der Waals surface area contributed by atoms with Crippen molar-refractivity contribution in [2.75, 3.05) is 18.4 Å². The number of carbonyl (C=O) groups is 1. The Bertz CT molecular complexity index is 1210. The molecule has 34 heavy (non-hydrogen) atoms. The number of amides is 1. The van der Waals surface area contributed by atoms with Crippen LogP contribution in [0.15, 0.2) is 42.9 Å². The molecule has 5 rings (SSSR count). The molecule has 7 nitrogen and oxygen atoms in total. The molecule has 1 unspecified atom stereocenters. The molecule has 178 valence electrons. The van der Waals surface area contributed by atoms with E-state index >= 15 is 0 Å². The number of likely N-dealkylation sites (tertiary alicyclic amines) is 1. The van der Waals surface area contributed by atoms with Gasteiger partial charge < -0.3 is 10.2 Å². The zero-order valence-electron chi connectivity index (χ0n) is 18.1. The lowest BCUT2D eigenvalue weighted by atomic mass is 10.1. The van der Waals surface area contributed by atoms with Crippen molar-refractivity contribution in [3.8, 4) is 17.2 Å². The van der Waals surface area contributed by atoms with Crippen LogP contribution in [0.3, 0.4) is 0 Å². The molecule has 2 aromatic heterocycles. The number of alkyl halides is 3. The van der Waals surface area contributed by atoms with Crippen molar-refractivity contribution >= 4 is 11.9 Å². The molecule has 1 aliphatic heterocycles. The maximum Gasteiger partial charge on any atom is 0.419 e. The molecule has 3 heterocycles. The van der Waals surface area contributed by atoms with Crippen molar-refractivity contribution in [3.05, 3.63) is 54.2 Å². The number of imidazole rings is 1. The molecule has 2 aliphatic rings. The normalized spacial score (nSPS) is 18.7. The van der Waals surface area contributed by atoms with E-state index in [1.54, 1.807) is 12.3 Å². The van der Waals surface area contributed by atoms with Gasteiger partial charge in [-0.15, -0.1) is 0 Å². The van der Waals surface area contributed by atoms with E-state index in [1.165, 1.54) is 23.0 Å². The smallest absolute Gasteiger partial charge is 0.350 e. The molecule has 3 aromatic rings. The van der Waals surface area contributed by atoms with Crippen LogP contribution in [0, 0.1) is 11.7 Å². The first kappa shape index (κ1) is 22.3. The highest BCUT2D eigenvalue weighted by molar-refractivity contribution is 5.81. The third-order valence-corrected chi connectivity index (χ3v) is 6.05. The highest BCUT2D eigenvalue weighted by Crippen LogP contribution is 2.34. The minimum Gasteiger partial charge on any atom is -0.350 e. The first-order valence-corrected chi connectivity index (χ1v) is 11.1. The Morgan fingerprint density at radius 2 is 1.91 bits per heavy atom. The van der Waals surface area contributed by atoms with Crippen LogP contribution in [-0.2, 0) is 11.0 Å². The van der Waals surface area contributed by atoms with Crippen molar-refractivity contribution in [1.82, 2.24) is 24.4 Å². The van der Waals surface area contributed by atoms with Crippen LogP contribution >= 0.6 is 0 Å². The fraction of sp³-hybridized carbons (Fsp3) is 0.391. The average Bonchev–Trinajstić information content (AvgIpc) is 3.55. The van der Waals surface area contributed by atoms with Crippen molar-refractivity contribution in [2.45, 2.75) is 37.9 Å². The van der Waals surface area contributed by atoms with Crippen LogP contribution < -0.4 is 5.32 Å². The maximum atomic E-state index is 13.7. The molecule has 2 fully saturated rings. The summed E-state index contributed by atoms with van der Waals surface area (Å²) >= 11 is 0. The van der Waals surface area contributed by atoms with Crippen molar-refractivity contribution in [1.29, 1.82) is 0 Å². The Morgan fingerprint density at radius 1 is 1.09 bits per heavy atom. The first-order chi connectivity index (χ1) is 16.3. The minimum atomic E-state index is -4.82. The average molecular weight is 474 g/mol. The van der Waals surface area contributed by atoms with Gasteiger partial charge in [-0.2, -0.15) is 18.2 Å². The summed E-state index contributed by atoms with van der Waals surface area (Å²) in [5.74, 6) is -0.0368. The van der Waals surface area contributed by atoms with Crippen LogP contribution in [0.2, 0.25) is 0 Å². The standard InChI is InChI=1S/C23H22F4N6O/c24-18-6-5-15(12-17(18)23(25,26)27)20-28-9-11-33(20)19-7-8-29-22(31-19)30-16-2-1-10-32(13-16)21(34)14-3-4-14/h5-9,11-12,14,16H,1-4,10,13H2,(H,29,30,31). The molecule has 1 saturated heterocycles. The van der Waals surface area contributed by atoms with Gasteiger partial charge in [-0.3, -0.25) is 9.36 Å². The molecule has 1 N–H and O–H groups in total. The third-order valence-electron chi connectivity index (χ3n) is 6.05. The summed E-state index contributed by atoms with van der Waals surface area (Å²) in [5, 5.41) is 3.27. The Hall–Kier alpha value is -3.50. The number of nitrogens with one attached hydrogen (secondary N) is 1. The van der Waals surface area contributed by atoms with Crippen LogP contribution in [0.5, 0.6) is 0 Å². The van der Waals surface area contributed by atoms with Gasteiger partial charge in [0.2, 0.25) is 11.9 Å². The Labute approximate surface area is 192 Å². The Kier molecular flexibility index (Phi) is 5.70. The number of aromatic nitrogens is 4. The van der Waals surface area contributed by atoms with Gasteiger partial charge in [0.1, 0.15) is 17.5 Å². The predicted octanol–water partition coefficient (Wildman–Crippen LogP) is 4.30. The number of anilines is 1. The van der Waals surface area contributed by atoms with Gasteiger partial charge in [-0.05, 0) is 49.9 Å². The second kappa shape index (κ2) is 8.69. The fourth-order valence-corrected chi connectivity index (χ4v) is 4.20. The summed E-state index contributed by atoms with van der Waals surface area (Å²) in [6.07, 6.45) is 3.39. The number of nitrogens with zero attached hydrogens (tertiary/aromatic N) is 5. The summed E-state index contributed by atoms with van der Waals surface area (Å²) in [6.45, 7) is 1.33. The Morgan fingerprint density at radius 3 is 2.68 bits per heavy atom. The van der Waals surface area contributed by atoms with E-state index in [0.717, 1.165) is 44.4 Å². The number of halogens is 4. The summed E-state index contributed by atoms with van der Waals surface area (Å²) in [7, 11) is 0. The first-order valence-electron chi connectivity index (χ1n) is 11.1. The highest BCUT2D eigenvalue weighted by Gasteiger charge is 2.36. The van der Waals surface area contributed by atoms with Gasteiger partial charge in [0.25, 0.3) is 0 Å². The fourth-order valence-electron chi connectivity index (χ4n) is 4.20. The number of hydrogen-bond acceptors (Lipinski definition) is 5. The SMILES string of the molecule is O=C(C1CC1)N1CCCC(Nc2nccc(-n3ccnc3-c3ccc(F)c(C(F)(F)F)c3)n2)C1. The zero-order valence-corrected chi connectivity index (χ0v) is 18.1. The number of carbonyl (C=O) groups excluding carboxylic acids is 1. The molecule has 0 bridgehead atoms. The van der Waals surface area contributed by atoms with Gasteiger partial charge in [-0.25, -0.2) is 14.4 Å². The molecule has 0 radical (unpaired) electrons. The van der Waals surface area contributed by atoms with E-state index < -0.39 is 17.6 Å². The maximum absolute atomic E-state index is 13.7. The van der Waals surface area contributed by atoms with Gasteiger partial charge in [0.15, 0.2) is 0 Å². The van der Waals surface area contributed by atoms with Gasteiger partial charge in [0.05, 0.1) is 5.56 Å². The van der Waals surface area contributed by atoms with E-state index in [1.807, 2.05) is 4.90 Å². The van der Waals surface area contributed by atoms with Crippen LogP contribution in [0.4, 0.5) is 23.5 Å². The predicted molar refractivity (Wildman–Crippen MR) is 115 cm³/mol. The summed E-state index contributed by atoms with van der Waals surface area (Å²) in [6, 6.07) is 4.37. The molecule has 1 aliphatic carbocycles. The molecular weight excluding hydrogens is 452 g/mol. The van der Waals surface area contributed by atoms with Crippen LogP contribution in [-0.4, -0.2) is 49.5 Å². The van der Waals surface area contributed by atoms with E-state index in [-0.39, 0.29) is 29.3 Å². The molecule has 1 atom stereocenters. The lowest BCUT2D eigenvalue weighted by molar-refractivity contribution is -0.140. The van der Waals surface area contributed by atoms with Gasteiger partial charge >= 0.3 is 6.18 Å². The lowest BCUT2D eigenvalue weighted by Gasteiger charge is -2.33. The number of benzene rings is 1. The largest absolute Gasteiger partial charge is 0.419 e. The van der Waals surface area contributed by atoms with Crippen LogP contribution in [0.25, 0.3) is 17.2 Å². The monoisotopic (exact) mass is 474 g/mol. The third kappa shape index (κ3) is 4.59. The number of rotatable bonds is 5. The second-order valence-corrected chi connectivity index (χ2v) is 8.59.